The van der Waals surface area contributed by atoms with Crippen molar-refractivity contribution in [1.29, 1.82) is 0 Å². The van der Waals surface area contributed by atoms with Crippen molar-refractivity contribution in [3.8, 4) is 5.69 Å². The molecule has 0 saturated carbocycles. The normalized spacial score (nSPS) is 11.3. The van der Waals surface area contributed by atoms with Gasteiger partial charge in [-0.15, -0.1) is 5.10 Å². The van der Waals surface area contributed by atoms with Crippen LogP contribution in [0.2, 0.25) is 0 Å². The van der Waals surface area contributed by atoms with E-state index in [1.807, 2.05) is 14.1 Å². The molecule has 1 N–H and O–H groups in total. The molecule has 7 nitrogen and oxygen atoms in total. The van der Waals surface area contributed by atoms with Crippen LogP contribution in [0.3, 0.4) is 0 Å². The van der Waals surface area contributed by atoms with Crippen molar-refractivity contribution in [2.24, 2.45) is 0 Å². The smallest absolute Gasteiger partial charge is 0.363 e. The molecule has 0 spiro atoms. The standard InChI is InChI=1S/C17H15F3N6O/c1-25(2)15-8-7-11(9-21-15)22-16(27)13-10-26(24-23-13)14-6-4-3-5-12(14)17(18,19)20/h3-10H,1-2H3,(H,22,27). The highest BCUT2D eigenvalue weighted by Gasteiger charge is 2.34. The van der Waals surface area contributed by atoms with Gasteiger partial charge in [0.2, 0.25) is 0 Å². The maximum absolute atomic E-state index is 13.1. The maximum Gasteiger partial charge on any atom is 0.418 e. The number of benzene rings is 1. The average molecular weight is 376 g/mol. The number of halogens is 3. The zero-order chi connectivity index (χ0) is 19.6. The largest absolute Gasteiger partial charge is 0.418 e. The Bertz CT molecular complexity index is 950. The number of alkyl halides is 3. The lowest BCUT2D eigenvalue weighted by Crippen LogP contribution is -2.14. The SMILES string of the molecule is CN(C)c1ccc(NC(=O)c2cn(-c3ccccc3C(F)(F)F)nn2)cn1. The van der Waals surface area contributed by atoms with Crippen LogP contribution in [0, 0.1) is 0 Å². The first-order valence-electron chi connectivity index (χ1n) is 7.79. The summed E-state index contributed by atoms with van der Waals surface area (Å²) in [6.45, 7) is 0. The molecule has 10 heteroatoms. The van der Waals surface area contributed by atoms with Crippen molar-refractivity contribution in [2.45, 2.75) is 6.18 Å². The number of hydrogen-bond donors (Lipinski definition) is 1. The lowest BCUT2D eigenvalue weighted by Gasteiger charge is -2.11. The van der Waals surface area contributed by atoms with Crippen molar-refractivity contribution in [3.63, 3.8) is 0 Å². The van der Waals surface area contributed by atoms with Crippen molar-refractivity contribution in [1.82, 2.24) is 20.0 Å². The van der Waals surface area contributed by atoms with Gasteiger partial charge < -0.3 is 10.2 Å². The molecule has 2 aromatic heterocycles. The summed E-state index contributed by atoms with van der Waals surface area (Å²) in [7, 11) is 3.66. The Kier molecular flexibility index (Phi) is 4.80. The minimum atomic E-state index is -4.55. The van der Waals surface area contributed by atoms with Crippen LogP contribution in [0.5, 0.6) is 0 Å². The number of aromatic nitrogens is 4. The predicted molar refractivity (Wildman–Crippen MR) is 92.9 cm³/mol. The molecule has 1 amide bonds. The van der Waals surface area contributed by atoms with Gasteiger partial charge in [0.1, 0.15) is 5.82 Å². The van der Waals surface area contributed by atoms with E-state index < -0.39 is 17.6 Å². The summed E-state index contributed by atoms with van der Waals surface area (Å²) in [4.78, 5) is 18.2. The predicted octanol–water partition coefficient (Wildman–Crippen LogP) is 3.00. The molecule has 140 valence electrons. The molecular formula is C17H15F3N6O. The molecule has 0 fully saturated rings. The van der Waals surface area contributed by atoms with E-state index >= 15 is 0 Å². The van der Waals surface area contributed by atoms with Gasteiger partial charge >= 0.3 is 6.18 Å². The van der Waals surface area contributed by atoms with Crippen LogP contribution in [0.1, 0.15) is 16.1 Å². The second-order valence-electron chi connectivity index (χ2n) is 5.82. The third-order valence-corrected chi connectivity index (χ3v) is 3.65. The van der Waals surface area contributed by atoms with Crippen molar-refractivity contribution in [3.05, 3.63) is 60.0 Å². The van der Waals surface area contributed by atoms with E-state index in [9.17, 15) is 18.0 Å². The van der Waals surface area contributed by atoms with Gasteiger partial charge in [-0.25, -0.2) is 9.67 Å². The molecule has 3 aromatic rings. The summed E-state index contributed by atoms with van der Waals surface area (Å²) in [6, 6.07) is 8.29. The van der Waals surface area contributed by atoms with E-state index in [0.717, 1.165) is 16.9 Å². The molecule has 0 atom stereocenters. The summed E-state index contributed by atoms with van der Waals surface area (Å²) in [5.74, 6) is 0.104. The van der Waals surface area contributed by atoms with Gasteiger partial charge in [0, 0.05) is 14.1 Å². The summed E-state index contributed by atoms with van der Waals surface area (Å²) in [5, 5.41) is 9.88. The van der Waals surface area contributed by atoms with Gasteiger partial charge in [0.05, 0.1) is 29.3 Å². The number of anilines is 2. The summed E-state index contributed by atoms with van der Waals surface area (Å²) in [5.41, 5.74) is -0.779. The first-order valence-corrected chi connectivity index (χ1v) is 7.79. The first kappa shape index (κ1) is 18.4. The third-order valence-electron chi connectivity index (χ3n) is 3.65. The summed E-state index contributed by atoms with van der Waals surface area (Å²) >= 11 is 0. The molecule has 0 saturated heterocycles. The molecule has 0 radical (unpaired) electrons. The second kappa shape index (κ2) is 7.06. The van der Waals surface area contributed by atoms with Crippen molar-refractivity contribution >= 4 is 17.4 Å². The monoisotopic (exact) mass is 376 g/mol. The van der Waals surface area contributed by atoms with Crippen LogP contribution in [0.4, 0.5) is 24.7 Å². The van der Waals surface area contributed by atoms with Crippen molar-refractivity contribution in [2.75, 3.05) is 24.3 Å². The molecule has 0 bridgehead atoms. The van der Waals surface area contributed by atoms with E-state index in [1.165, 1.54) is 24.4 Å². The molecule has 0 aliphatic rings. The van der Waals surface area contributed by atoms with Gasteiger partial charge in [0.25, 0.3) is 5.91 Å². The molecule has 27 heavy (non-hydrogen) atoms. The summed E-state index contributed by atoms with van der Waals surface area (Å²) < 4.78 is 40.3. The van der Waals surface area contributed by atoms with Gasteiger partial charge in [-0.2, -0.15) is 13.2 Å². The van der Waals surface area contributed by atoms with E-state index in [4.69, 9.17) is 0 Å². The van der Waals surface area contributed by atoms with E-state index in [-0.39, 0.29) is 11.4 Å². The maximum atomic E-state index is 13.1. The van der Waals surface area contributed by atoms with Crippen LogP contribution in [0.15, 0.2) is 48.8 Å². The van der Waals surface area contributed by atoms with Crippen LogP contribution >= 0.6 is 0 Å². The van der Waals surface area contributed by atoms with Crippen LogP contribution in [-0.4, -0.2) is 40.0 Å². The molecular weight excluding hydrogens is 361 g/mol. The number of carbonyl (C=O) groups is 1. The number of nitrogens with one attached hydrogen (secondary N) is 1. The third kappa shape index (κ3) is 4.05. The number of amides is 1. The second-order valence-corrected chi connectivity index (χ2v) is 5.82. The number of hydrogen-bond acceptors (Lipinski definition) is 5. The highest BCUT2D eigenvalue weighted by atomic mass is 19.4. The van der Waals surface area contributed by atoms with Gasteiger partial charge in [-0.05, 0) is 24.3 Å². The first-order chi connectivity index (χ1) is 12.8. The molecule has 0 unspecified atom stereocenters. The number of carbonyl (C=O) groups excluding carboxylic acids is 1. The number of rotatable bonds is 4. The minimum absolute atomic E-state index is 0.122. The fraction of sp³-hybridized carbons (Fsp3) is 0.176. The Morgan fingerprint density at radius 1 is 1.15 bits per heavy atom. The van der Waals surface area contributed by atoms with Crippen LogP contribution in [0.25, 0.3) is 5.69 Å². The zero-order valence-corrected chi connectivity index (χ0v) is 14.4. The minimum Gasteiger partial charge on any atom is -0.363 e. The number of pyridine rings is 1. The fourth-order valence-electron chi connectivity index (χ4n) is 2.32. The van der Waals surface area contributed by atoms with Gasteiger partial charge in [0.15, 0.2) is 5.69 Å². The van der Waals surface area contributed by atoms with E-state index in [2.05, 4.69) is 20.6 Å². The van der Waals surface area contributed by atoms with E-state index in [0.29, 0.717) is 11.5 Å². The molecule has 1 aromatic carbocycles. The molecule has 2 heterocycles. The topological polar surface area (TPSA) is 75.9 Å². The average Bonchev–Trinajstić information content (AvgIpc) is 3.11. The summed E-state index contributed by atoms with van der Waals surface area (Å²) in [6.07, 6.45) is -1.94. The highest BCUT2D eigenvalue weighted by Crippen LogP contribution is 2.33. The number of para-hydroxylation sites is 1. The van der Waals surface area contributed by atoms with Crippen molar-refractivity contribution < 1.29 is 18.0 Å². The zero-order valence-electron chi connectivity index (χ0n) is 14.4. The molecule has 3 rings (SSSR count). The number of nitrogens with zero attached hydrogens (tertiary/aromatic N) is 5. The molecule has 0 aliphatic carbocycles. The quantitative estimate of drug-likeness (QED) is 0.758. The van der Waals surface area contributed by atoms with Crippen LogP contribution in [-0.2, 0) is 6.18 Å². The van der Waals surface area contributed by atoms with Gasteiger partial charge in [-0.3, -0.25) is 4.79 Å². The fourth-order valence-corrected chi connectivity index (χ4v) is 2.32. The Labute approximate surface area is 152 Å². The Balaban J connectivity index is 1.81. The Hall–Kier alpha value is -3.43. The molecule has 0 aliphatic heterocycles. The Morgan fingerprint density at radius 3 is 2.52 bits per heavy atom. The lowest BCUT2D eigenvalue weighted by molar-refractivity contribution is -0.137. The van der Waals surface area contributed by atoms with E-state index in [1.54, 1.807) is 17.0 Å². The van der Waals surface area contributed by atoms with Crippen LogP contribution < -0.4 is 10.2 Å². The Morgan fingerprint density at radius 2 is 1.89 bits per heavy atom. The van der Waals surface area contributed by atoms with Gasteiger partial charge in [-0.1, -0.05) is 17.3 Å². The lowest BCUT2D eigenvalue weighted by atomic mass is 10.1. The highest BCUT2D eigenvalue weighted by molar-refractivity contribution is 6.02.